The van der Waals surface area contributed by atoms with Crippen LogP contribution in [0.4, 0.5) is 9.59 Å². The Bertz CT molecular complexity index is 1090. The molecule has 35 heavy (non-hydrogen) atoms. The normalized spacial score (nSPS) is 24.7. The van der Waals surface area contributed by atoms with Gasteiger partial charge in [-0.15, -0.1) is 0 Å². The van der Waals surface area contributed by atoms with Gasteiger partial charge in [-0.05, 0) is 70.0 Å². The SMILES string of the molecule is CCCC1[C@H]2CCCN1CCc1c2n(C(=O)OCC)c2ccc(OC(=O)N3CCN(C)CC3)cc12. The topological polar surface area (TPSA) is 67.2 Å². The van der Waals surface area contributed by atoms with Crippen molar-refractivity contribution in [1.82, 2.24) is 19.3 Å². The monoisotopic (exact) mass is 482 g/mol. The fraction of sp³-hybridized carbons (Fsp3) is 0.630. The van der Waals surface area contributed by atoms with Crippen LogP contribution in [0.25, 0.3) is 10.9 Å². The molecule has 1 amide bonds. The van der Waals surface area contributed by atoms with Crippen molar-refractivity contribution in [1.29, 1.82) is 0 Å². The number of piperidine rings is 1. The second-order valence-corrected chi connectivity index (χ2v) is 10.1. The van der Waals surface area contributed by atoms with E-state index in [9.17, 15) is 9.59 Å². The molecule has 3 atom stereocenters. The largest absolute Gasteiger partial charge is 0.449 e. The van der Waals surface area contributed by atoms with Crippen LogP contribution < -0.4 is 4.74 Å². The Morgan fingerprint density at radius 1 is 1.03 bits per heavy atom. The number of fused-ring (bicyclic) bond motifs is 6. The van der Waals surface area contributed by atoms with Gasteiger partial charge in [0.25, 0.3) is 0 Å². The van der Waals surface area contributed by atoms with Gasteiger partial charge in [-0.3, -0.25) is 4.90 Å². The van der Waals surface area contributed by atoms with Gasteiger partial charge in [-0.2, -0.15) is 0 Å². The number of carbonyl (C=O) groups excluding carboxylic acids is 2. The summed E-state index contributed by atoms with van der Waals surface area (Å²) in [6.45, 7) is 9.57. The number of hydrogen-bond acceptors (Lipinski definition) is 6. The quantitative estimate of drug-likeness (QED) is 0.648. The summed E-state index contributed by atoms with van der Waals surface area (Å²) >= 11 is 0. The molecule has 4 heterocycles. The van der Waals surface area contributed by atoms with Crippen molar-refractivity contribution < 1.29 is 19.1 Å². The smallest absolute Gasteiger partial charge is 0.418 e. The van der Waals surface area contributed by atoms with Crippen LogP contribution in [0.5, 0.6) is 5.75 Å². The molecule has 190 valence electrons. The van der Waals surface area contributed by atoms with Crippen molar-refractivity contribution in [2.24, 2.45) is 0 Å². The van der Waals surface area contributed by atoms with E-state index in [1.54, 1.807) is 4.90 Å². The minimum atomic E-state index is -0.310. The van der Waals surface area contributed by atoms with Crippen molar-refractivity contribution in [3.63, 3.8) is 0 Å². The first-order valence-corrected chi connectivity index (χ1v) is 13.3. The summed E-state index contributed by atoms with van der Waals surface area (Å²) in [5.41, 5.74) is 3.17. The third-order valence-corrected chi connectivity index (χ3v) is 7.98. The van der Waals surface area contributed by atoms with E-state index in [0.717, 1.165) is 74.9 Å². The Balaban J connectivity index is 1.54. The number of amides is 1. The third kappa shape index (κ3) is 4.54. The summed E-state index contributed by atoms with van der Waals surface area (Å²) in [6.07, 6.45) is 4.73. The van der Waals surface area contributed by atoms with E-state index in [1.807, 2.05) is 29.7 Å². The minimum Gasteiger partial charge on any atom is -0.449 e. The average Bonchev–Trinajstić information content (AvgIpc) is 3.14. The molecule has 0 N–H and O–H groups in total. The van der Waals surface area contributed by atoms with Gasteiger partial charge < -0.3 is 19.3 Å². The van der Waals surface area contributed by atoms with Crippen LogP contribution in [0.2, 0.25) is 0 Å². The number of likely N-dealkylation sites (N-methyl/N-ethyl adjacent to an activating group) is 1. The number of rotatable bonds is 4. The number of benzene rings is 1. The number of aromatic nitrogens is 1. The zero-order valence-corrected chi connectivity index (χ0v) is 21.3. The van der Waals surface area contributed by atoms with Crippen molar-refractivity contribution >= 4 is 23.1 Å². The number of hydrogen-bond donors (Lipinski definition) is 0. The van der Waals surface area contributed by atoms with Gasteiger partial charge >= 0.3 is 12.2 Å². The predicted molar refractivity (Wildman–Crippen MR) is 135 cm³/mol. The Kier molecular flexibility index (Phi) is 7.02. The summed E-state index contributed by atoms with van der Waals surface area (Å²) in [6, 6.07) is 6.13. The highest BCUT2D eigenvalue weighted by Crippen LogP contribution is 2.43. The van der Waals surface area contributed by atoms with Gasteiger partial charge in [0.2, 0.25) is 0 Å². The maximum Gasteiger partial charge on any atom is 0.418 e. The molecule has 8 nitrogen and oxygen atoms in total. The molecule has 0 aliphatic carbocycles. The Morgan fingerprint density at radius 3 is 2.57 bits per heavy atom. The zero-order valence-electron chi connectivity index (χ0n) is 21.3. The third-order valence-electron chi connectivity index (χ3n) is 7.98. The molecule has 1 aromatic carbocycles. The first-order chi connectivity index (χ1) is 17.0. The summed E-state index contributed by atoms with van der Waals surface area (Å²) in [7, 11) is 2.06. The van der Waals surface area contributed by atoms with Crippen molar-refractivity contribution in [3.8, 4) is 5.75 Å². The fourth-order valence-electron chi connectivity index (χ4n) is 6.27. The summed E-state index contributed by atoms with van der Waals surface area (Å²) in [4.78, 5) is 32.7. The highest BCUT2D eigenvalue weighted by atomic mass is 16.6. The molecule has 2 saturated heterocycles. The molecule has 8 heteroatoms. The maximum atomic E-state index is 13.3. The van der Waals surface area contributed by atoms with E-state index in [-0.39, 0.29) is 12.2 Å². The summed E-state index contributed by atoms with van der Waals surface area (Å²) < 4.78 is 13.2. The molecule has 2 fully saturated rings. The highest BCUT2D eigenvalue weighted by molar-refractivity contribution is 5.95. The Morgan fingerprint density at radius 2 is 1.83 bits per heavy atom. The molecule has 2 bridgehead atoms. The molecule has 1 aromatic heterocycles. The van der Waals surface area contributed by atoms with E-state index >= 15 is 0 Å². The first kappa shape index (κ1) is 24.1. The maximum absolute atomic E-state index is 13.3. The Hall–Kier alpha value is -2.58. The zero-order chi connectivity index (χ0) is 24.5. The predicted octanol–water partition coefficient (Wildman–Crippen LogP) is 4.30. The van der Waals surface area contributed by atoms with Crippen molar-refractivity contribution in [2.75, 3.05) is 52.9 Å². The van der Waals surface area contributed by atoms with Gasteiger partial charge in [-0.1, -0.05) is 13.3 Å². The van der Waals surface area contributed by atoms with E-state index < -0.39 is 0 Å². The van der Waals surface area contributed by atoms with Crippen LogP contribution in [0.3, 0.4) is 0 Å². The van der Waals surface area contributed by atoms with E-state index in [1.165, 1.54) is 5.56 Å². The number of nitrogens with zero attached hydrogens (tertiary/aromatic N) is 4. The first-order valence-electron chi connectivity index (χ1n) is 13.3. The van der Waals surface area contributed by atoms with Crippen LogP contribution >= 0.6 is 0 Å². The van der Waals surface area contributed by atoms with Gasteiger partial charge in [-0.25, -0.2) is 14.2 Å². The molecule has 2 aromatic rings. The second-order valence-electron chi connectivity index (χ2n) is 10.1. The van der Waals surface area contributed by atoms with Gasteiger partial charge in [0.1, 0.15) is 5.75 Å². The van der Waals surface area contributed by atoms with Crippen molar-refractivity contribution in [2.45, 2.75) is 57.9 Å². The highest BCUT2D eigenvalue weighted by Gasteiger charge is 2.39. The molecule has 0 saturated carbocycles. The molecule has 3 aliphatic heterocycles. The lowest BCUT2D eigenvalue weighted by atomic mass is 9.84. The van der Waals surface area contributed by atoms with E-state index in [0.29, 0.717) is 37.4 Å². The lowest BCUT2D eigenvalue weighted by Gasteiger charge is -2.40. The molecular formula is C27H38N4O4. The fourth-order valence-corrected chi connectivity index (χ4v) is 6.27. The second kappa shape index (κ2) is 10.2. The average molecular weight is 483 g/mol. The summed E-state index contributed by atoms with van der Waals surface area (Å²) in [5, 5.41) is 1.00. The van der Waals surface area contributed by atoms with E-state index in [2.05, 4.69) is 23.8 Å². The molecule has 3 aliphatic rings. The van der Waals surface area contributed by atoms with Crippen LogP contribution in [-0.2, 0) is 11.2 Å². The lowest BCUT2D eigenvalue weighted by molar-refractivity contribution is 0.120. The van der Waals surface area contributed by atoms with Crippen LogP contribution in [0.1, 0.15) is 56.7 Å². The van der Waals surface area contributed by atoms with Gasteiger partial charge in [0, 0.05) is 55.8 Å². The standard InChI is InChI=1S/C27H38N4O4/c1-4-7-23-21-8-6-12-29(23)13-11-20-22-18-19(35-26(32)30-16-14-28(3)15-17-30)9-10-24(22)31(25(20)21)27(33)34-5-2/h9-10,18,21,23H,4-8,11-17H2,1-3H3/t21-,23?/m1/s1. The number of piperazine rings is 1. The molecule has 0 spiro atoms. The van der Waals surface area contributed by atoms with Crippen LogP contribution in [0, 0.1) is 0 Å². The molecular weight excluding hydrogens is 444 g/mol. The molecule has 5 rings (SSSR count). The van der Waals surface area contributed by atoms with Gasteiger partial charge in [0.15, 0.2) is 0 Å². The Labute approximate surface area is 207 Å². The van der Waals surface area contributed by atoms with E-state index in [4.69, 9.17) is 9.47 Å². The number of carbonyl (C=O) groups is 2. The summed E-state index contributed by atoms with van der Waals surface area (Å²) in [5.74, 6) is 0.831. The van der Waals surface area contributed by atoms with Crippen LogP contribution in [0.15, 0.2) is 18.2 Å². The van der Waals surface area contributed by atoms with Crippen LogP contribution in [-0.4, -0.2) is 90.4 Å². The van der Waals surface area contributed by atoms with Crippen molar-refractivity contribution in [3.05, 3.63) is 29.5 Å². The van der Waals surface area contributed by atoms with Gasteiger partial charge in [0.05, 0.1) is 12.1 Å². The molecule has 2 unspecified atom stereocenters. The minimum absolute atomic E-state index is 0.300. The number of ether oxygens (including phenoxy) is 2. The lowest BCUT2D eigenvalue weighted by Crippen LogP contribution is -2.48. The molecule has 0 radical (unpaired) electrons.